The molecule has 2 N–H and O–H groups in total. The van der Waals surface area contributed by atoms with E-state index in [0.29, 0.717) is 6.61 Å². The van der Waals surface area contributed by atoms with Gasteiger partial charge in [-0.05, 0) is 50.7 Å². The Balaban J connectivity index is 2.78. The van der Waals surface area contributed by atoms with Crippen LogP contribution in [-0.4, -0.2) is 12.6 Å². The first kappa shape index (κ1) is 11.8. The number of ether oxygens (including phenoxy) is 1. The third-order valence-electron chi connectivity index (χ3n) is 2.67. The highest BCUT2D eigenvalue weighted by molar-refractivity contribution is 5.89. The molecule has 0 aromatic rings. The number of allylic oxidation sites excluding steroid dienone is 3. The third-order valence-corrected chi connectivity index (χ3v) is 2.67. The zero-order valence-electron chi connectivity index (χ0n) is 9.51. The number of hydrogen-bond acceptors (Lipinski definition) is 3. The van der Waals surface area contributed by atoms with Crippen molar-refractivity contribution in [3.8, 4) is 0 Å². The fourth-order valence-electron chi connectivity index (χ4n) is 1.71. The average Bonchev–Trinajstić information content (AvgIpc) is 2.28. The van der Waals surface area contributed by atoms with Crippen molar-refractivity contribution in [3.05, 3.63) is 22.9 Å². The van der Waals surface area contributed by atoms with E-state index in [4.69, 9.17) is 10.5 Å². The van der Waals surface area contributed by atoms with Crippen molar-refractivity contribution in [1.82, 2.24) is 0 Å². The first-order chi connectivity index (χ1) is 7.16. The molecule has 0 radical (unpaired) electrons. The van der Waals surface area contributed by atoms with E-state index >= 15 is 0 Å². The number of nitrogens with two attached hydrogens (primary N) is 1. The van der Waals surface area contributed by atoms with Gasteiger partial charge in [-0.25, -0.2) is 4.79 Å². The number of rotatable bonds is 3. The van der Waals surface area contributed by atoms with E-state index in [1.165, 1.54) is 18.4 Å². The van der Waals surface area contributed by atoms with Crippen LogP contribution in [0.15, 0.2) is 22.9 Å². The summed E-state index contributed by atoms with van der Waals surface area (Å²) < 4.78 is 4.87. The van der Waals surface area contributed by atoms with Crippen molar-refractivity contribution < 1.29 is 9.53 Å². The Labute approximate surface area is 91.0 Å². The normalized spacial score (nSPS) is 17.9. The zero-order chi connectivity index (χ0) is 11.3. The van der Waals surface area contributed by atoms with Gasteiger partial charge in [-0.15, -0.1) is 0 Å². The first-order valence-corrected chi connectivity index (χ1v) is 5.49. The van der Waals surface area contributed by atoms with Gasteiger partial charge >= 0.3 is 5.97 Å². The zero-order valence-corrected chi connectivity index (χ0v) is 9.51. The molecule has 0 saturated heterocycles. The van der Waals surface area contributed by atoms with Crippen LogP contribution in [0.5, 0.6) is 0 Å². The minimum absolute atomic E-state index is 0.255. The third kappa shape index (κ3) is 3.11. The average molecular weight is 209 g/mol. The Bertz CT molecular complexity index is 303. The fourth-order valence-corrected chi connectivity index (χ4v) is 1.71. The molecule has 0 fully saturated rings. The lowest BCUT2D eigenvalue weighted by molar-refractivity contribution is -0.138. The van der Waals surface area contributed by atoms with E-state index in [1.54, 1.807) is 6.92 Å². The van der Waals surface area contributed by atoms with Gasteiger partial charge in [0.1, 0.15) is 5.70 Å². The monoisotopic (exact) mass is 209 g/mol. The molecule has 0 spiro atoms. The van der Waals surface area contributed by atoms with Crippen molar-refractivity contribution in [2.75, 3.05) is 6.61 Å². The summed E-state index contributed by atoms with van der Waals surface area (Å²) in [4.78, 5) is 11.4. The Morgan fingerprint density at radius 3 is 2.80 bits per heavy atom. The molecule has 84 valence electrons. The van der Waals surface area contributed by atoms with E-state index in [9.17, 15) is 4.79 Å². The van der Waals surface area contributed by atoms with Gasteiger partial charge < -0.3 is 10.5 Å². The van der Waals surface area contributed by atoms with Crippen LogP contribution in [0, 0.1) is 0 Å². The van der Waals surface area contributed by atoms with E-state index < -0.39 is 5.97 Å². The second-order valence-corrected chi connectivity index (χ2v) is 3.73. The highest BCUT2D eigenvalue weighted by atomic mass is 16.5. The van der Waals surface area contributed by atoms with E-state index in [0.717, 1.165) is 18.4 Å². The molecule has 15 heavy (non-hydrogen) atoms. The van der Waals surface area contributed by atoms with Crippen LogP contribution in [-0.2, 0) is 9.53 Å². The number of carbonyl (C=O) groups is 1. The molecular formula is C12H19NO2. The molecule has 1 aliphatic rings. The summed E-state index contributed by atoms with van der Waals surface area (Å²) in [6, 6.07) is 0. The maximum atomic E-state index is 11.4. The SMILES string of the molecule is CCOC(=O)C(N)=C(C)C1=CCCCC1. The summed E-state index contributed by atoms with van der Waals surface area (Å²) in [6.07, 6.45) is 6.69. The molecule has 0 unspecified atom stereocenters. The van der Waals surface area contributed by atoms with Gasteiger partial charge in [0.25, 0.3) is 0 Å². The van der Waals surface area contributed by atoms with Gasteiger partial charge in [-0.2, -0.15) is 0 Å². The van der Waals surface area contributed by atoms with Crippen LogP contribution in [0.1, 0.15) is 39.5 Å². The maximum absolute atomic E-state index is 11.4. The minimum atomic E-state index is -0.401. The second-order valence-electron chi connectivity index (χ2n) is 3.73. The van der Waals surface area contributed by atoms with E-state index in [2.05, 4.69) is 6.08 Å². The molecule has 3 nitrogen and oxygen atoms in total. The highest BCUT2D eigenvalue weighted by Gasteiger charge is 2.14. The Morgan fingerprint density at radius 2 is 2.27 bits per heavy atom. The number of esters is 1. The molecule has 1 rings (SSSR count). The minimum Gasteiger partial charge on any atom is -0.461 e. The predicted molar refractivity (Wildman–Crippen MR) is 60.1 cm³/mol. The van der Waals surface area contributed by atoms with Gasteiger partial charge in [0.15, 0.2) is 0 Å². The van der Waals surface area contributed by atoms with Gasteiger partial charge in [0.2, 0.25) is 0 Å². The lowest BCUT2D eigenvalue weighted by Crippen LogP contribution is -2.17. The lowest BCUT2D eigenvalue weighted by Gasteiger charge is -2.14. The molecule has 0 heterocycles. The molecule has 1 aliphatic carbocycles. The first-order valence-electron chi connectivity index (χ1n) is 5.49. The van der Waals surface area contributed by atoms with Crippen LogP contribution < -0.4 is 5.73 Å². The van der Waals surface area contributed by atoms with Crippen molar-refractivity contribution in [2.45, 2.75) is 39.5 Å². The summed E-state index contributed by atoms with van der Waals surface area (Å²) in [5, 5.41) is 0. The standard InChI is InChI=1S/C12H19NO2/c1-3-15-12(14)11(13)9(2)10-7-5-4-6-8-10/h7H,3-6,8,13H2,1-2H3. The van der Waals surface area contributed by atoms with Crippen molar-refractivity contribution in [3.63, 3.8) is 0 Å². The van der Waals surface area contributed by atoms with Crippen molar-refractivity contribution in [1.29, 1.82) is 0 Å². The number of carbonyl (C=O) groups excluding carboxylic acids is 1. The smallest absolute Gasteiger partial charge is 0.354 e. The summed E-state index contributed by atoms with van der Waals surface area (Å²) in [5.74, 6) is -0.401. The molecule has 0 bridgehead atoms. The predicted octanol–water partition coefficient (Wildman–Crippen LogP) is 2.28. The summed E-state index contributed by atoms with van der Waals surface area (Å²) in [5.41, 5.74) is 8.08. The van der Waals surface area contributed by atoms with Crippen molar-refractivity contribution in [2.24, 2.45) is 5.73 Å². The summed E-state index contributed by atoms with van der Waals surface area (Å²) >= 11 is 0. The largest absolute Gasteiger partial charge is 0.461 e. The number of hydrogen-bond donors (Lipinski definition) is 1. The molecule has 0 aliphatic heterocycles. The summed E-state index contributed by atoms with van der Waals surface area (Å²) in [6.45, 7) is 4.04. The van der Waals surface area contributed by atoms with Gasteiger partial charge in [0, 0.05) is 0 Å². The van der Waals surface area contributed by atoms with E-state index in [1.807, 2.05) is 6.92 Å². The molecular weight excluding hydrogens is 190 g/mol. The Hall–Kier alpha value is -1.25. The molecule has 0 amide bonds. The molecule has 3 heteroatoms. The van der Waals surface area contributed by atoms with E-state index in [-0.39, 0.29) is 5.70 Å². The van der Waals surface area contributed by atoms with Gasteiger partial charge in [-0.3, -0.25) is 0 Å². The van der Waals surface area contributed by atoms with Crippen LogP contribution in [0.2, 0.25) is 0 Å². The molecule has 0 saturated carbocycles. The van der Waals surface area contributed by atoms with Crippen LogP contribution in [0.25, 0.3) is 0 Å². The van der Waals surface area contributed by atoms with Gasteiger partial charge in [-0.1, -0.05) is 6.08 Å². The Kier molecular flexibility index (Phi) is 4.40. The van der Waals surface area contributed by atoms with Crippen LogP contribution in [0.3, 0.4) is 0 Å². The molecule has 0 aromatic carbocycles. The van der Waals surface area contributed by atoms with Crippen LogP contribution in [0.4, 0.5) is 0 Å². The molecule has 0 aromatic heterocycles. The van der Waals surface area contributed by atoms with Crippen LogP contribution >= 0.6 is 0 Å². The maximum Gasteiger partial charge on any atom is 0.354 e. The van der Waals surface area contributed by atoms with Gasteiger partial charge in [0.05, 0.1) is 6.61 Å². The highest BCUT2D eigenvalue weighted by Crippen LogP contribution is 2.24. The quantitative estimate of drug-likeness (QED) is 0.573. The van der Waals surface area contributed by atoms with Crippen molar-refractivity contribution >= 4 is 5.97 Å². The Morgan fingerprint density at radius 1 is 1.53 bits per heavy atom. The second kappa shape index (κ2) is 5.59. The summed E-state index contributed by atoms with van der Waals surface area (Å²) in [7, 11) is 0. The molecule has 0 atom stereocenters. The lowest BCUT2D eigenvalue weighted by atomic mass is 9.93. The fraction of sp³-hybridized carbons (Fsp3) is 0.583. The topological polar surface area (TPSA) is 52.3 Å².